The van der Waals surface area contributed by atoms with Gasteiger partial charge in [0, 0.05) is 45.1 Å². The molecule has 29 heavy (non-hydrogen) atoms. The van der Waals surface area contributed by atoms with Crippen LogP contribution in [0.2, 0.25) is 0 Å². The molecule has 2 rings (SSSR count). The molecule has 1 fully saturated rings. The summed E-state index contributed by atoms with van der Waals surface area (Å²) in [5, 5.41) is 2.65. The van der Waals surface area contributed by atoms with Gasteiger partial charge in [-0.25, -0.2) is 4.39 Å². The monoisotopic (exact) mass is 406 g/mol. The third kappa shape index (κ3) is 10.7. The molecule has 0 aromatic carbocycles. The Labute approximate surface area is 176 Å². The lowest BCUT2D eigenvalue weighted by Gasteiger charge is -2.32. The molecule has 1 atom stereocenters. The van der Waals surface area contributed by atoms with Gasteiger partial charge < -0.3 is 15.1 Å². The lowest BCUT2D eigenvalue weighted by molar-refractivity contribution is 0.0939. The maximum atomic E-state index is 13.9. The van der Waals surface area contributed by atoms with Crippen LogP contribution in [0.25, 0.3) is 0 Å². The molecular formula is C23H39FN4O. The first kappa shape index (κ1) is 23.7. The maximum absolute atomic E-state index is 13.9. The summed E-state index contributed by atoms with van der Waals surface area (Å²) in [4.78, 5) is 20.7. The number of hydrogen-bond acceptors (Lipinski definition) is 4. The molecule has 2 heterocycles. The van der Waals surface area contributed by atoms with Crippen LogP contribution in [0.15, 0.2) is 24.5 Å². The first-order chi connectivity index (χ1) is 14.1. The number of amides is 1. The summed E-state index contributed by atoms with van der Waals surface area (Å²) in [7, 11) is 2.20. The summed E-state index contributed by atoms with van der Waals surface area (Å²) in [5.41, 5.74) is 0.475. The van der Waals surface area contributed by atoms with Crippen LogP contribution in [-0.2, 0) is 0 Å². The fourth-order valence-electron chi connectivity index (χ4n) is 3.74. The fourth-order valence-corrected chi connectivity index (χ4v) is 3.74. The van der Waals surface area contributed by atoms with Crippen molar-refractivity contribution in [3.8, 4) is 0 Å². The number of carbonyl (C=O) groups excluding carboxylic acids is 1. The first-order valence-corrected chi connectivity index (χ1v) is 11.4. The molecule has 1 aliphatic rings. The van der Waals surface area contributed by atoms with E-state index >= 15 is 0 Å². The van der Waals surface area contributed by atoms with Crippen LogP contribution in [0, 0.1) is 0 Å². The van der Waals surface area contributed by atoms with Gasteiger partial charge in [0.05, 0.1) is 5.56 Å². The predicted octanol–water partition coefficient (Wildman–Crippen LogP) is 3.91. The number of likely N-dealkylation sites (N-methyl/N-ethyl adjacent to an activating group) is 1. The second-order valence-electron chi connectivity index (χ2n) is 8.31. The molecule has 1 N–H and O–H groups in total. The molecule has 0 aliphatic carbocycles. The quantitative estimate of drug-likeness (QED) is 0.476. The molecule has 1 saturated heterocycles. The summed E-state index contributed by atoms with van der Waals surface area (Å²) >= 11 is 0. The number of piperazine rings is 1. The molecule has 6 heteroatoms. The maximum Gasteiger partial charge on any atom is 0.252 e. The zero-order valence-electron chi connectivity index (χ0n) is 18.1. The Bertz CT molecular complexity index is 549. The normalized spacial score (nSPS) is 16.6. The van der Waals surface area contributed by atoms with Gasteiger partial charge in [-0.1, -0.05) is 44.9 Å². The van der Waals surface area contributed by atoms with Crippen molar-refractivity contribution in [2.75, 3.05) is 46.3 Å². The van der Waals surface area contributed by atoms with E-state index in [-0.39, 0.29) is 12.5 Å². The SMILES string of the molecule is CN1CCN(CCCCCCCCCCC(F)CNC(=O)c2cccnc2)CC1. The van der Waals surface area contributed by atoms with Crippen LogP contribution in [0.4, 0.5) is 4.39 Å². The lowest BCUT2D eigenvalue weighted by atomic mass is 10.1. The van der Waals surface area contributed by atoms with E-state index in [4.69, 9.17) is 0 Å². The van der Waals surface area contributed by atoms with E-state index in [2.05, 4.69) is 27.1 Å². The highest BCUT2D eigenvalue weighted by molar-refractivity contribution is 5.93. The smallest absolute Gasteiger partial charge is 0.252 e. The largest absolute Gasteiger partial charge is 0.349 e. The van der Waals surface area contributed by atoms with Crippen molar-refractivity contribution >= 4 is 5.91 Å². The molecular weight excluding hydrogens is 367 g/mol. The summed E-state index contributed by atoms with van der Waals surface area (Å²) in [6, 6.07) is 3.39. The molecule has 0 radical (unpaired) electrons. The number of nitrogens with zero attached hydrogens (tertiary/aromatic N) is 3. The number of unbranched alkanes of at least 4 members (excludes halogenated alkanes) is 7. The van der Waals surface area contributed by atoms with Crippen LogP contribution in [0.1, 0.15) is 68.1 Å². The molecule has 1 aliphatic heterocycles. The van der Waals surface area contributed by atoms with Crippen molar-refractivity contribution in [1.82, 2.24) is 20.1 Å². The minimum absolute atomic E-state index is 0.0844. The minimum atomic E-state index is -0.967. The molecule has 1 amide bonds. The summed E-state index contributed by atoms with van der Waals surface area (Å²) < 4.78 is 13.9. The van der Waals surface area contributed by atoms with E-state index in [1.807, 2.05) is 0 Å². The summed E-state index contributed by atoms with van der Waals surface area (Å²) in [6.07, 6.45) is 12.3. The first-order valence-electron chi connectivity index (χ1n) is 11.4. The second kappa shape index (κ2) is 14.5. The predicted molar refractivity (Wildman–Crippen MR) is 117 cm³/mol. The standard InChI is InChI=1S/C23H39FN4O/c1-27-15-17-28(18-16-27)14-9-7-5-3-2-4-6-8-12-22(24)20-26-23(29)21-11-10-13-25-19-21/h10-11,13,19,22H,2-9,12,14-18,20H2,1H3,(H,26,29). The van der Waals surface area contributed by atoms with E-state index in [0.29, 0.717) is 12.0 Å². The molecule has 1 unspecified atom stereocenters. The summed E-state index contributed by atoms with van der Waals surface area (Å²) in [5.74, 6) is -0.256. The molecule has 164 valence electrons. The van der Waals surface area contributed by atoms with E-state index in [0.717, 1.165) is 12.8 Å². The van der Waals surface area contributed by atoms with Crippen LogP contribution in [0.5, 0.6) is 0 Å². The van der Waals surface area contributed by atoms with Crippen molar-refractivity contribution in [3.05, 3.63) is 30.1 Å². The topological polar surface area (TPSA) is 48.5 Å². The van der Waals surface area contributed by atoms with Crippen LogP contribution in [-0.4, -0.2) is 73.2 Å². The Morgan fingerprint density at radius 2 is 1.72 bits per heavy atom. The van der Waals surface area contributed by atoms with Gasteiger partial charge in [-0.05, 0) is 38.6 Å². The number of carbonyl (C=O) groups is 1. The van der Waals surface area contributed by atoms with Gasteiger partial charge in [-0.15, -0.1) is 0 Å². The van der Waals surface area contributed by atoms with Crippen molar-refractivity contribution in [3.63, 3.8) is 0 Å². The minimum Gasteiger partial charge on any atom is -0.349 e. The lowest BCUT2D eigenvalue weighted by Crippen LogP contribution is -2.44. The number of alkyl halides is 1. The highest BCUT2D eigenvalue weighted by Crippen LogP contribution is 2.12. The van der Waals surface area contributed by atoms with E-state index in [9.17, 15) is 9.18 Å². The number of hydrogen-bond donors (Lipinski definition) is 1. The van der Waals surface area contributed by atoms with E-state index < -0.39 is 6.17 Å². The highest BCUT2D eigenvalue weighted by Gasteiger charge is 2.12. The molecule has 1 aromatic rings. The number of rotatable bonds is 14. The number of nitrogens with one attached hydrogen (secondary N) is 1. The molecule has 0 spiro atoms. The summed E-state index contributed by atoms with van der Waals surface area (Å²) in [6.45, 7) is 6.19. The fraction of sp³-hybridized carbons (Fsp3) is 0.739. The van der Waals surface area contributed by atoms with Crippen LogP contribution in [0.3, 0.4) is 0 Å². The van der Waals surface area contributed by atoms with Gasteiger partial charge in [-0.2, -0.15) is 0 Å². The molecule has 0 bridgehead atoms. The van der Waals surface area contributed by atoms with Gasteiger partial charge >= 0.3 is 0 Å². The van der Waals surface area contributed by atoms with Gasteiger partial charge in [0.2, 0.25) is 0 Å². The molecule has 1 aromatic heterocycles. The van der Waals surface area contributed by atoms with Crippen LogP contribution < -0.4 is 5.32 Å². The molecule has 0 saturated carbocycles. The van der Waals surface area contributed by atoms with Gasteiger partial charge in [0.1, 0.15) is 6.17 Å². The third-order valence-electron chi connectivity index (χ3n) is 5.75. The average molecular weight is 407 g/mol. The third-order valence-corrected chi connectivity index (χ3v) is 5.75. The second-order valence-corrected chi connectivity index (χ2v) is 8.31. The Balaban J connectivity index is 1.35. The Kier molecular flexibility index (Phi) is 11.8. The van der Waals surface area contributed by atoms with Crippen molar-refractivity contribution < 1.29 is 9.18 Å². The number of halogens is 1. The zero-order chi connectivity index (χ0) is 20.7. The Morgan fingerprint density at radius 3 is 2.38 bits per heavy atom. The Hall–Kier alpha value is -1.53. The number of aromatic nitrogens is 1. The van der Waals surface area contributed by atoms with Crippen LogP contribution >= 0.6 is 0 Å². The van der Waals surface area contributed by atoms with Crippen molar-refractivity contribution in [2.45, 2.75) is 64.0 Å². The average Bonchev–Trinajstić information content (AvgIpc) is 2.75. The number of pyridine rings is 1. The van der Waals surface area contributed by atoms with E-state index in [1.165, 1.54) is 77.4 Å². The Morgan fingerprint density at radius 1 is 1.07 bits per heavy atom. The van der Waals surface area contributed by atoms with Crippen molar-refractivity contribution in [2.24, 2.45) is 0 Å². The van der Waals surface area contributed by atoms with Gasteiger partial charge in [0.25, 0.3) is 5.91 Å². The van der Waals surface area contributed by atoms with Gasteiger partial charge in [-0.3, -0.25) is 9.78 Å². The van der Waals surface area contributed by atoms with E-state index in [1.54, 1.807) is 18.3 Å². The molecule has 5 nitrogen and oxygen atoms in total. The zero-order valence-corrected chi connectivity index (χ0v) is 18.1. The van der Waals surface area contributed by atoms with Gasteiger partial charge in [0.15, 0.2) is 0 Å². The highest BCUT2D eigenvalue weighted by atomic mass is 19.1. The van der Waals surface area contributed by atoms with Crippen molar-refractivity contribution in [1.29, 1.82) is 0 Å².